The fourth-order valence-electron chi connectivity index (χ4n) is 2.37. The van der Waals surface area contributed by atoms with Crippen LogP contribution in [0, 0.1) is 11.8 Å². The van der Waals surface area contributed by atoms with Crippen molar-refractivity contribution in [3.05, 3.63) is 65.2 Å². The normalized spacial score (nSPS) is 12.5. The van der Waals surface area contributed by atoms with Crippen molar-refractivity contribution in [3.8, 4) is 17.6 Å². The van der Waals surface area contributed by atoms with E-state index in [1.54, 1.807) is 0 Å². The number of ketones is 1. The van der Waals surface area contributed by atoms with Gasteiger partial charge in [-0.15, -0.1) is 0 Å². The molecule has 2 nitrogen and oxygen atoms in total. The number of hydrogen-bond donors (Lipinski definition) is 0. The van der Waals surface area contributed by atoms with Crippen molar-refractivity contribution in [2.24, 2.45) is 0 Å². The van der Waals surface area contributed by atoms with Crippen LogP contribution in [0.3, 0.4) is 0 Å². The van der Waals surface area contributed by atoms with E-state index in [1.807, 2.05) is 48.5 Å². The van der Waals surface area contributed by atoms with Gasteiger partial charge in [-0.2, -0.15) is 0 Å². The van der Waals surface area contributed by atoms with E-state index in [0.717, 1.165) is 28.9 Å². The molecule has 0 aliphatic heterocycles. The molecule has 2 heteroatoms. The Labute approximate surface area is 118 Å². The lowest BCUT2D eigenvalue weighted by Crippen LogP contribution is -1.98. The standard InChI is InChI=1S/C18H14O2/c19-17-12-11-16-15(17)9-4-10-18(16)20-13-5-8-14-6-2-1-3-7-14/h1-4,6-7,9-10H,11-13H2. The Morgan fingerprint density at radius 2 is 1.85 bits per heavy atom. The van der Waals surface area contributed by atoms with Gasteiger partial charge in [0.15, 0.2) is 5.78 Å². The molecule has 0 heterocycles. The van der Waals surface area contributed by atoms with Crippen LogP contribution in [-0.4, -0.2) is 12.4 Å². The zero-order valence-corrected chi connectivity index (χ0v) is 11.1. The summed E-state index contributed by atoms with van der Waals surface area (Å²) in [6.07, 6.45) is 1.36. The molecule has 0 fully saturated rings. The van der Waals surface area contributed by atoms with Gasteiger partial charge in [0.1, 0.15) is 12.4 Å². The third-order valence-corrected chi connectivity index (χ3v) is 3.34. The minimum atomic E-state index is 0.209. The van der Waals surface area contributed by atoms with E-state index in [2.05, 4.69) is 11.8 Å². The second-order valence-electron chi connectivity index (χ2n) is 4.66. The van der Waals surface area contributed by atoms with Gasteiger partial charge in [0, 0.05) is 23.1 Å². The largest absolute Gasteiger partial charge is 0.481 e. The summed E-state index contributed by atoms with van der Waals surface area (Å²) in [4.78, 5) is 11.6. The highest BCUT2D eigenvalue weighted by molar-refractivity contribution is 6.01. The number of carbonyl (C=O) groups is 1. The first-order chi connectivity index (χ1) is 9.84. The van der Waals surface area contributed by atoms with E-state index >= 15 is 0 Å². The Kier molecular flexibility index (Phi) is 3.52. The summed E-state index contributed by atoms with van der Waals surface area (Å²) in [5.41, 5.74) is 2.81. The number of fused-ring (bicyclic) bond motifs is 1. The van der Waals surface area contributed by atoms with Gasteiger partial charge in [-0.05, 0) is 24.6 Å². The lowest BCUT2D eigenvalue weighted by Gasteiger charge is -2.07. The van der Waals surface area contributed by atoms with Gasteiger partial charge in [0.2, 0.25) is 0 Å². The number of rotatable bonds is 2. The minimum absolute atomic E-state index is 0.209. The molecule has 3 rings (SSSR count). The van der Waals surface area contributed by atoms with Crippen LogP contribution >= 0.6 is 0 Å². The number of ether oxygens (including phenoxy) is 1. The maximum Gasteiger partial charge on any atom is 0.163 e. The SMILES string of the molecule is O=C1CCc2c(OCC#Cc3ccccc3)cccc21. The summed E-state index contributed by atoms with van der Waals surface area (Å²) >= 11 is 0. The van der Waals surface area contributed by atoms with Gasteiger partial charge < -0.3 is 4.74 Å². The lowest BCUT2D eigenvalue weighted by atomic mass is 10.1. The van der Waals surface area contributed by atoms with Crippen molar-refractivity contribution in [1.82, 2.24) is 0 Å². The lowest BCUT2D eigenvalue weighted by molar-refractivity contribution is 0.0994. The van der Waals surface area contributed by atoms with Crippen molar-refractivity contribution in [2.45, 2.75) is 12.8 Å². The predicted molar refractivity (Wildman–Crippen MR) is 77.9 cm³/mol. The summed E-state index contributed by atoms with van der Waals surface area (Å²) in [7, 11) is 0. The fourth-order valence-corrected chi connectivity index (χ4v) is 2.37. The zero-order chi connectivity index (χ0) is 13.8. The van der Waals surface area contributed by atoms with Crippen LogP contribution in [0.15, 0.2) is 48.5 Å². The van der Waals surface area contributed by atoms with E-state index in [0.29, 0.717) is 13.0 Å². The number of carbonyl (C=O) groups excluding carboxylic acids is 1. The van der Waals surface area contributed by atoms with E-state index < -0.39 is 0 Å². The van der Waals surface area contributed by atoms with Crippen LogP contribution in [0.1, 0.15) is 27.9 Å². The fraction of sp³-hybridized carbons (Fsp3) is 0.167. The van der Waals surface area contributed by atoms with Crippen molar-refractivity contribution in [1.29, 1.82) is 0 Å². The predicted octanol–water partition coefficient (Wildman–Crippen LogP) is 3.25. The van der Waals surface area contributed by atoms with E-state index in [1.165, 1.54) is 0 Å². The van der Waals surface area contributed by atoms with Crippen LogP contribution in [0.4, 0.5) is 0 Å². The zero-order valence-electron chi connectivity index (χ0n) is 11.1. The third kappa shape index (κ3) is 2.57. The molecule has 0 aromatic heterocycles. The third-order valence-electron chi connectivity index (χ3n) is 3.34. The van der Waals surface area contributed by atoms with E-state index in [4.69, 9.17) is 4.74 Å². The first-order valence-electron chi connectivity index (χ1n) is 6.66. The van der Waals surface area contributed by atoms with Crippen LogP contribution in [0.2, 0.25) is 0 Å². The topological polar surface area (TPSA) is 26.3 Å². The summed E-state index contributed by atoms with van der Waals surface area (Å²) in [6.45, 7) is 0.333. The molecule has 0 amide bonds. The highest BCUT2D eigenvalue weighted by Gasteiger charge is 2.22. The highest BCUT2D eigenvalue weighted by Crippen LogP contribution is 2.30. The quantitative estimate of drug-likeness (QED) is 0.777. The molecule has 0 bridgehead atoms. The molecule has 98 valence electrons. The maximum absolute atomic E-state index is 11.6. The molecule has 2 aromatic rings. The number of Topliss-reactive ketones (excluding diaryl/α,β-unsaturated/α-hetero) is 1. The Balaban J connectivity index is 1.69. The average Bonchev–Trinajstić information content (AvgIpc) is 2.87. The smallest absolute Gasteiger partial charge is 0.163 e. The molecular formula is C18H14O2. The monoisotopic (exact) mass is 262 g/mol. The molecule has 1 aliphatic rings. The summed E-state index contributed by atoms with van der Waals surface area (Å²) in [6, 6.07) is 15.4. The Bertz CT molecular complexity index is 690. The van der Waals surface area contributed by atoms with E-state index in [-0.39, 0.29) is 5.78 Å². The van der Waals surface area contributed by atoms with Gasteiger partial charge in [-0.25, -0.2) is 0 Å². The Hall–Kier alpha value is -2.53. The molecule has 0 unspecified atom stereocenters. The second kappa shape index (κ2) is 5.63. The Morgan fingerprint density at radius 1 is 1.00 bits per heavy atom. The van der Waals surface area contributed by atoms with Gasteiger partial charge >= 0.3 is 0 Å². The molecule has 0 spiro atoms. The first kappa shape index (κ1) is 12.5. The van der Waals surface area contributed by atoms with E-state index in [9.17, 15) is 4.79 Å². The maximum atomic E-state index is 11.6. The van der Waals surface area contributed by atoms with Crippen molar-refractivity contribution in [2.75, 3.05) is 6.61 Å². The van der Waals surface area contributed by atoms with Gasteiger partial charge in [-0.1, -0.05) is 42.2 Å². The molecule has 0 saturated heterocycles. The molecule has 1 aliphatic carbocycles. The van der Waals surface area contributed by atoms with Crippen LogP contribution < -0.4 is 4.74 Å². The molecule has 2 aromatic carbocycles. The Morgan fingerprint density at radius 3 is 2.70 bits per heavy atom. The average molecular weight is 262 g/mol. The molecular weight excluding hydrogens is 248 g/mol. The number of hydrogen-bond acceptors (Lipinski definition) is 2. The van der Waals surface area contributed by atoms with Crippen molar-refractivity contribution in [3.63, 3.8) is 0 Å². The molecule has 0 atom stereocenters. The van der Waals surface area contributed by atoms with Crippen LogP contribution in [0.25, 0.3) is 0 Å². The van der Waals surface area contributed by atoms with Crippen molar-refractivity contribution >= 4 is 5.78 Å². The molecule has 0 radical (unpaired) electrons. The van der Waals surface area contributed by atoms with Crippen LogP contribution in [0.5, 0.6) is 5.75 Å². The van der Waals surface area contributed by atoms with Gasteiger partial charge in [0.25, 0.3) is 0 Å². The minimum Gasteiger partial charge on any atom is -0.481 e. The molecule has 0 N–H and O–H groups in total. The number of benzene rings is 2. The van der Waals surface area contributed by atoms with Gasteiger partial charge in [0.05, 0.1) is 0 Å². The molecule has 20 heavy (non-hydrogen) atoms. The summed E-state index contributed by atoms with van der Waals surface area (Å²) < 4.78 is 5.69. The molecule has 0 saturated carbocycles. The summed E-state index contributed by atoms with van der Waals surface area (Å²) in [5, 5.41) is 0. The van der Waals surface area contributed by atoms with Crippen molar-refractivity contribution < 1.29 is 9.53 Å². The highest BCUT2D eigenvalue weighted by atomic mass is 16.5. The van der Waals surface area contributed by atoms with Crippen LogP contribution in [-0.2, 0) is 6.42 Å². The van der Waals surface area contributed by atoms with Gasteiger partial charge in [-0.3, -0.25) is 4.79 Å². The second-order valence-corrected chi connectivity index (χ2v) is 4.66. The summed E-state index contributed by atoms with van der Waals surface area (Å²) in [5.74, 6) is 7.04. The first-order valence-corrected chi connectivity index (χ1v) is 6.66.